The van der Waals surface area contributed by atoms with Gasteiger partial charge in [0.25, 0.3) is 0 Å². The minimum atomic E-state index is -0.261. The van der Waals surface area contributed by atoms with Gasteiger partial charge in [-0.15, -0.1) is 0 Å². The summed E-state index contributed by atoms with van der Waals surface area (Å²) < 4.78 is 4.93. The number of benzene rings is 1. The Morgan fingerprint density at radius 1 is 1.33 bits per heavy atom. The SMILES string of the molecule is Cc1ccc(CN(C)C(C)C(=O)Nc2cc(C)on2)cc1. The molecule has 0 aliphatic heterocycles. The lowest BCUT2D eigenvalue weighted by Gasteiger charge is -2.23. The molecule has 1 aromatic carbocycles. The number of carbonyl (C=O) groups excluding carboxylic acids is 1. The lowest BCUT2D eigenvalue weighted by molar-refractivity contribution is -0.120. The van der Waals surface area contributed by atoms with Crippen LogP contribution in [0.2, 0.25) is 0 Å². The zero-order valence-corrected chi connectivity index (χ0v) is 12.9. The van der Waals surface area contributed by atoms with Crippen LogP contribution >= 0.6 is 0 Å². The normalized spacial score (nSPS) is 12.4. The maximum Gasteiger partial charge on any atom is 0.242 e. The molecule has 2 rings (SSSR count). The number of carbonyl (C=O) groups is 1. The highest BCUT2D eigenvalue weighted by Gasteiger charge is 2.19. The quantitative estimate of drug-likeness (QED) is 0.918. The molecule has 1 N–H and O–H groups in total. The maximum absolute atomic E-state index is 12.2. The lowest BCUT2D eigenvalue weighted by atomic mass is 10.1. The van der Waals surface area contributed by atoms with Gasteiger partial charge in [0.1, 0.15) is 5.76 Å². The largest absolute Gasteiger partial charge is 0.360 e. The van der Waals surface area contributed by atoms with E-state index in [2.05, 4.69) is 41.7 Å². The Balaban J connectivity index is 1.93. The molecule has 0 saturated heterocycles. The Kier molecular flexibility index (Phi) is 4.75. The highest BCUT2D eigenvalue weighted by atomic mass is 16.5. The van der Waals surface area contributed by atoms with E-state index in [4.69, 9.17) is 4.52 Å². The van der Waals surface area contributed by atoms with Crippen LogP contribution in [0.5, 0.6) is 0 Å². The second kappa shape index (κ2) is 6.54. The number of anilines is 1. The first kappa shape index (κ1) is 15.3. The molecule has 0 radical (unpaired) electrons. The summed E-state index contributed by atoms with van der Waals surface area (Å²) in [7, 11) is 1.93. The van der Waals surface area contributed by atoms with Crippen molar-refractivity contribution in [1.82, 2.24) is 10.1 Å². The predicted octanol–water partition coefficient (Wildman–Crippen LogP) is 2.75. The van der Waals surface area contributed by atoms with E-state index < -0.39 is 0 Å². The van der Waals surface area contributed by atoms with Gasteiger partial charge in [0, 0.05) is 12.6 Å². The first-order valence-electron chi connectivity index (χ1n) is 6.95. The second-order valence-electron chi connectivity index (χ2n) is 5.39. The highest BCUT2D eigenvalue weighted by Crippen LogP contribution is 2.11. The van der Waals surface area contributed by atoms with Gasteiger partial charge < -0.3 is 9.84 Å². The van der Waals surface area contributed by atoms with Crippen molar-refractivity contribution in [2.75, 3.05) is 12.4 Å². The van der Waals surface area contributed by atoms with Gasteiger partial charge in [0.2, 0.25) is 5.91 Å². The topological polar surface area (TPSA) is 58.4 Å². The third-order valence-corrected chi connectivity index (χ3v) is 3.47. The molecule has 5 nitrogen and oxygen atoms in total. The molecule has 0 bridgehead atoms. The van der Waals surface area contributed by atoms with E-state index in [0.717, 1.165) is 0 Å². The van der Waals surface area contributed by atoms with Crippen molar-refractivity contribution in [1.29, 1.82) is 0 Å². The molecule has 0 fully saturated rings. The average molecular weight is 287 g/mol. The zero-order valence-electron chi connectivity index (χ0n) is 12.9. The number of likely N-dealkylation sites (N-methyl/N-ethyl adjacent to an activating group) is 1. The number of aromatic nitrogens is 1. The van der Waals surface area contributed by atoms with Gasteiger partial charge in [0.15, 0.2) is 5.82 Å². The van der Waals surface area contributed by atoms with Crippen LogP contribution in [0.25, 0.3) is 0 Å². The molecule has 1 aromatic heterocycles. The average Bonchev–Trinajstić information content (AvgIpc) is 2.85. The van der Waals surface area contributed by atoms with Crippen molar-refractivity contribution in [3.63, 3.8) is 0 Å². The monoisotopic (exact) mass is 287 g/mol. The summed E-state index contributed by atoms with van der Waals surface area (Å²) >= 11 is 0. The van der Waals surface area contributed by atoms with E-state index in [1.165, 1.54) is 11.1 Å². The first-order valence-corrected chi connectivity index (χ1v) is 6.95. The number of amides is 1. The molecule has 5 heteroatoms. The van der Waals surface area contributed by atoms with Crippen molar-refractivity contribution in [3.8, 4) is 0 Å². The van der Waals surface area contributed by atoms with E-state index in [-0.39, 0.29) is 11.9 Å². The molecule has 2 aromatic rings. The summed E-state index contributed by atoms with van der Waals surface area (Å²) in [6.07, 6.45) is 0. The molecule has 1 unspecified atom stereocenters. The highest BCUT2D eigenvalue weighted by molar-refractivity contribution is 5.93. The van der Waals surface area contributed by atoms with Crippen molar-refractivity contribution in [2.45, 2.75) is 33.4 Å². The minimum absolute atomic E-state index is 0.0992. The maximum atomic E-state index is 12.2. The van der Waals surface area contributed by atoms with Crippen LogP contribution < -0.4 is 5.32 Å². The van der Waals surface area contributed by atoms with Crippen LogP contribution in [0.3, 0.4) is 0 Å². The van der Waals surface area contributed by atoms with Gasteiger partial charge in [-0.1, -0.05) is 35.0 Å². The molecule has 0 aliphatic carbocycles. The minimum Gasteiger partial charge on any atom is -0.360 e. The fourth-order valence-corrected chi connectivity index (χ4v) is 1.97. The molecule has 1 amide bonds. The van der Waals surface area contributed by atoms with Gasteiger partial charge >= 0.3 is 0 Å². The fraction of sp³-hybridized carbons (Fsp3) is 0.375. The Labute approximate surface area is 124 Å². The zero-order chi connectivity index (χ0) is 15.4. The Bertz CT molecular complexity index is 604. The van der Waals surface area contributed by atoms with Crippen LogP contribution in [-0.2, 0) is 11.3 Å². The van der Waals surface area contributed by atoms with Crippen molar-refractivity contribution in [2.24, 2.45) is 0 Å². The van der Waals surface area contributed by atoms with Crippen LogP contribution in [0.1, 0.15) is 23.8 Å². The van der Waals surface area contributed by atoms with E-state index in [1.807, 2.05) is 18.9 Å². The summed E-state index contributed by atoms with van der Waals surface area (Å²) in [5.41, 5.74) is 2.41. The number of rotatable bonds is 5. The van der Waals surface area contributed by atoms with Gasteiger partial charge in [-0.25, -0.2) is 0 Å². The van der Waals surface area contributed by atoms with Crippen molar-refractivity contribution in [3.05, 3.63) is 47.2 Å². The third-order valence-electron chi connectivity index (χ3n) is 3.47. The Morgan fingerprint density at radius 2 is 2.00 bits per heavy atom. The fourth-order valence-electron chi connectivity index (χ4n) is 1.97. The van der Waals surface area contributed by atoms with Crippen molar-refractivity contribution < 1.29 is 9.32 Å². The molecular formula is C16H21N3O2. The van der Waals surface area contributed by atoms with E-state index in [1.54, 1.807) is 13.0 Å². The summed E-state index contributed by atoms with van der Waals surface area (Å²) in [5, 5.41) is 6.52. The van der Waals surface area contributed by atoms with Crippen LogP contribution in [-0.4, -0.2) is 29.1 Å². The molecule has 1 atom stereocenters. The van der Waals surface area contributed by atoms with Gasteiger partial charge in [0.05, 0.1) is 6.04 Å². The molecule has 0 spiro atoms. The third kappa shape index (κ3) is 4.16. The van der Waals surface area contributed by atoms with Crippen LogP contribution in [0.4, 0.5) is 5.82 Å². The van der Waals surface area contributed by atoms with Crippen LogP contribution in [0.15, 0.2) is 34.9 Å². The second-order valence-corrected chi connectivity index (χ2v) is 5.39. The molecule has 0 saturated carbocycles. The molecule has 1 heterocycles. The van der Waals surface area contributed by atoms with E-state index in [9.17, 15) is 4.79 Å². The molecule has 21 heavy (non-hydrogen) atoms. The lowest BCUT2D eigenvalue weighted by Crippen LogP contribution is -2.39. The van der Waals surface area contributed by atoms with Crippen molar-refractivity contribution >= 4 is 11.7 Å². The first-order chi connectivity index (χ1) is 9.95. The summed E-state index contributed by atoms with van der Waals surface area (Å²) in [6.45, 7) is 6.43. The number of nitrogens with one attached hydrogen (secondary N) is 1. The number of aryl methyl sites for hydroxylation is 2. The Morgan fingerprint density at radius 3 is 2.57 bits per heavy atom. The van der Waals surface area contributed by atoms with Crippen LogP contribution in [0, 0.1) is 13.8 Å². The smallest absolute Gasteiger partial charge is 0.242 e. The molecular weight excluding hydrogens is 266 g/mol. The molecule has 0 aliphatic rings. The predicted molar refractivity (Wildman–Crippen MR) is 82.0 cm³/mol. The summed E-state index contributed by atoms with van der Waals surface area (Å²) in [6, 6.07) is 9.75. The van der Waals surface area contributed by atoms with E-state index in [0.29, 0.717) is 18.1 Å². The van der Waals surface area contributed by atoms with Gasteiger partial charge in [-0.2, -0.15) is 0 Å². The molecule has 112 valence electrons. The Hall–Kier alpha value is -2.14. The van der Waals surface area contributed by atoms with Gasteiger partial charge in [-0.05, 0) is 33.4 Å². The summed E-state index contributed by atoms with van der Waals surface area (Å²) in [5.74, 6) is 1.02. The van der Waals surface area contributed by atoms with E-state index >= 15 is 0 Å². The number of nitrogens with zero attached hydrogens (tertiary/aromatic N) is 2. The standard InChI is InChI=1S/C16H21N3O2/c1-11-5-7-14(8-6-11)10-19(4)13(3)16(20)17-15-9-12(2)21-18-15/h5-9,13H,10H2,1-4H3,(H,17,18,20). The number of hydrogen-bond donors (Lipinski definition) is 1. The summed E-state index contributed by atoms with van der Waals surface area (Å²) in [4.78, 5) is 14.2. The number of hydrogen-bond acceptors (Lipinski definition) is 4. The van der Waals surface area contributed by atoms with Gasteiger partial charge in [-0.3, -0.25) is 9.69 Å².